The van der Waals surface area contributed by atoms with Gasteiger partial charge in [-0.25, -0.2) is 14.5 Å². The van der Waals surface area contributed by atoms with Gasteiger partial charge in [0.25, 0.3) is 0 Å². The van der Waals surface area contributed by atoms with Crippen LogP contribution < -0.4 is 0 Å². The summed E-state index contributed by atoms with van der Waals surface area (Å²) in [4.78, 5) is 39.2. The van der Waals surface area contributed by atoms with Gasteiger partial charge in [0, 0.05) is 102 Å². The molecular formula is C84H78Ir3N9O6-3. The minimum Gasteiger partial charge on any atom is -0.393 e. The molecule has 0 aliphatic carbocycles. The first-order chi connectivity index (χ1) is 47.9. The van der Waals surface area contributed by atoms with Gasteiger partial charge in [-0.1, -0.05) is 158 Å². The monoisotopic (exact) mass is 1890 g/mol. The Bertz CT molecular complexity index is 4480. The standard InChI is InChI=1S/3C23H14N3.3C5H12O2.3Ir/c1-24-20-15-9-8-14-19(20)21-16-25-22(17-10-4-2-5-11-17)23(26-21)18-12-6-3-7-13-18;1-24-20-14-8-13-19(15-20)21-16-25-22(17-9-4-2-5-10-17)23(26-21)18-11-6-3-7-12-18;1-24-20-14-12-17(13-15-20)21-16-25-22(18-8-4-2-5-9-18)23(26-21)19-10-6-3-7-11-19;3*1-4(6)3-5(2)7;;;/h2-10,12-16H;2-9,11-16H;2-8,10-16H;3*4-7H,3H2,1-2H3;;;/q3*-1;;;;;;. The SMILES string of the molecule is CC(O)CC(C)O.CC(O)CC(C)O.CC(O)CC(C)O.[C-]#[N+]c1ccc(-c2cnc(-c3[c-]cccc3)c(-c3ccccc3)n2)cc1.[C-]#[N+]c1cccc(-c2cnc(-c3[c-]cccc3)c(-c3ccccc3)n2)c1.[C-]#[N+]c1ccccc1-c1cnc(-c2[c-]cccc2)c(-c2ccccc2)n1.[Ir].[Ir].[Ir]. The molecule has 0 amide bonds. The second kappa shape index (κ2) is 45.3. The van der Waals surface area contributed by atoms with E-state index in [0.29, 0.717) is 42.0 Å². The molecule has 0 aliphatic heterocycles. The molecule has 9 aromatic carbocycles. The molecule has 6 atom stereocenters. The molecule has 12 rings (SSSR count). The Morgan fingerprint density at radius 1 is 0.314 bits per heavy atom. The zero-order valence-electron chi connectivity index (χ0n) is 57.0. The molecule has 18 heteroatoms. The fraction of sp³-hybridized carbons (Fsp3) is 0.179. The fourth-order valence-electron chi connectivity index (χ4n) is 9.89. The van der Waals surface area contributed by atoms with Gasteiger partial charge in [-0.2, -0.15) is 0 Å². The number of aromatic nitrogens is 6. The van der Waals surface area contributed by atoms with Gasteiger partial charge >= 0.3 is 0 Å². The van der Waals surface area contributed by atoms with Crippen molar-refractivity contribution in [1.82, 2.24) is 29.9 Å². The summed E-state index contributed by atoms with van der Waals surface area (Å²) in [5.41, 5.74) is 17.1. The van der Waals surface area contributed by atoms with Crippen LogP contribution in [0.4, 0.5) is 17.1 Å². The minimum absolute atomic E-state index is 0. The van der Waals surface area contributed by atoms with Crippen LogP contribution in [0, 0.1) is 37.9 Å². The van der Waals surface area contributed by atoms with Crippen LogP contribution in [0.3, 0.4) is 0 Å². The van der Waals surface area contributed by atoms with Crippen LogP contribution in [0.5, 0.6) is 0 Å². The Labute approximate surface area is 639 Å². The zero-order valence-corrected chi connectivity index (χ0v) is 64.2. The first kappa shape index (κ1) is 84.8. The Balaban J connectivity index is 0.000000280. The predicted molar refractivity (Wildman–Crippen MR) is 394 cm³/mol. The molecule has 0 aliphatic rings. The van der Waals surface area contributed by atoms with Crippen molar-refractivity contribution in [2.24, 2.45) is 0 Å². The Kier molecular flexibility index (Phi) is 37.7. The van der Waals surface area contributed by atoms with Gasteiger partial charge in [0.15, 0.2) is 17.1 Å². The van der Waals surface area contributed by atoms with Crippen molar-refractivity contribution in [2.75, 3.05) is 0 Å². The van der Waals surface area contributed by atoms with Gasteiger partial charge in [-0.3, -0.25) is 15.0 Å². The normalized spacial score (nSPS) is 11.7. The summed E-state index contributed by atoms with van der Waals surface area (Å²) in [6.45, 7) is 31.6. The van der Waals surface area contributed by atoms with E-state index in [1.165, 1.54) is 0 Å². The van der Waals surface area contributed by atoms with E-state index < -0.39 is 0 Å². The van der Waals surface area contributed by atoms with Gasteiger partial charge in [0.2, 0.25) is 0 Å². The van der Waals surface area contributed by atoms with Crippen LogP contribution in [0.2, 0.25) is 0 Å². The molecule has 0 bridgehead atoms. The van der Waals surface area contributed by atoms with E-state index in [4.69, 9.17) is 70.3 Å². The number of benzene rings is 9. The summed E-state index contributed by atoms with van der Waals surface area (Å²) in [7, 11) is 0. The van der Waals surface area contributed by atoms with Crippen LogP contribution >= 0.6 is 0 Å². The molecule has 102 heavy (non-hydrogen) atoms. The van der Waals surface area contributed by atoms with Crippen molar-refractivity contribution in [1.29, 1.82) is 0 Å². The van der Waals surface area contributed by atoms with Crippen LogP contribution in [-0.2, 0) is 60.3 Å². The third-order valence-corrected chi connectivity index (χ3v) is 14.3. The average molecular weight is 1890 g/mol. The number of aliphatic hydroxyl groups excluding tert-OH is 6. The largest absolute Gasteiger partial charge is 0.393 e. The second-order valence-corrected chi connectivity index (χ2v) is 23.0. The third kappa shape index (κ3) is 27.4. The number of aliphatic hydroxyl groups is 6. The quantitative estimate of drug-likeness (QED) is 0.0529. The maximum absolute atomic E-state index is 8.56. The van der Waals surface area contributed by atoms with Crippen LogP contribution in [-0.4, -0.2) is 97.2 Å². The number of hydrogen-bond acceptors (Lipinski definition) is 12. The zero-order chi connectivity index (χ0) is 70.9. The Morgan fingerprint density at radius 3 is 0.971 bits per heavy atom. The average Bonchev–Trinajstić information content (AvgIpc) is 0.808. The van der Waals surface area contributed by atoms with E-state index in [-0.39, 0.29) is 96.9 Å². The summed E-state index contributed by atoms with van der Waals surface area (Å²) in [6, 6.07) is 85.3. The summed E-state index contributed by atoms with van der Waals surface area (Å²) >= 11 is 0. The molecule has 15 nitrogen and oxygen atoms in total. The molecule has 6 N–H and O–H groups in total. The van der Waals surface area contributed by atoms with Crippen molar-refractivity contribution in [3.8, 4) is 101 Å². The molecular weight excluding hydrogens is 1810 g/mol. The van der Waals surface area contributed by atoms with E-state index >= 15 is 0 Å². The van der Waals surface area contributed by atoms with Crippen molar-refractivity contribution in [2.45, 2.75) is 97.4 Å². The summed E-state index contributed by atoms with van der Waals surface area (Å²) in [5.74, 6) is 0. The van der Waals surface area contributed by atoms with Gasteiger partial charge < -0.3 is 45.6 Å². The molecule has 525 valence electrons. The van der Waals surface area contributed by atoms with Gasteiger partial charge in [-0.15, -0.1) is 108 Å². The number of nitrogens with zero attached hydrogens (tertiary/aromatic N) is 9. The summed E-state index contributed by atoms with van der Waals surface area (Å²) in [5, 5.41) is 51.4. The minimum atomic E-state index is -0.375. The summed E-state index contributed by atoms with van der Waals surface area (Å²) in [6.07, 6.45) is 4.42. The van der Waals surface area contributed by atoms with E-state index in [0.717, 1.165) is 95.6 Å². The van der Waals surface area contributed by atoms with E-state index in [1.807, 2.05) is 212 Å². The first-order valence-electron chi connectivity index (χ1n) is 32.1. The van der Waals surface area contributed by atoms with Crippen LogP contribution in [0.15, 0.2) is 255 Å². The van der Waals surface area contributed by atoms with E-state index in [2.05, 4.69) is 42.7 Å². The molecule has 6 unspecified atom stereocenters. The van der Waals surface area contributed by atoms with Crippen molar-refractivity contribution in [3.05, 3.63) is 308 Å². The predicted octanol–water partition coefficient (Wildman–Crippen LogP) is 17.9. The maximum Gasteiger partial charge on any atom is 0.196 e. The number of rotatable bonds is 15. The van der Waals surface area contributed by atoms with E-state index in [1.54, 1.807) is 84.4 Å². The molecule has 3 heterocycles. The molecule has 3 aromatic heterocycles. The second-order valence-electron chi connectivity index (χ2n) is 23.0. The molecule has 0 saturated heterocycles. The van der Waals surface area contributed by atoms with Crippen molar-refractivity contribution >= 4 is 17.1 Å². The van der Waals surface area contributed by atoms with Crippen LogP contribution in [0.1, 0.15) is 60.8 Å². The molecule has 12 aromatic rings. The Morgan fingerprint density at radius 2 is 0.637 bits per heavy atom. The molecule has 0 spiro atoms. The molecule has 0 fully saturated rings. The van der Waals surface area contributed by atoms with Crippen molar-refractivity contribution < 1.29 is 91.0 Å². The third-order valence-electron chi connectivity index (χ3n) is 14.3. The topological polar surface area (TPSA) is 212 Å². The smallest absolute Gasteiger partial charge is 0.196 e. The van der Waals surface area contributed by atoms with Gasteiger partial charge in [0.05, 0.1) is 90.5 Å². The summed E-state index contributed by atoms with van der Waals surface area (Å²) < 4.78 is 0. The fourth-order valence-corrected chi connectivity index (χ4v) is 9.89. The van der Waals surface area contributed by atoms with E-state index in [9.17, 15) is 0 Å². The Hall–Kier alpha value is -9.60. The number of hydrogen-bond donors (Lipinski definition) is 6. The first-order valence-corrected chi connectivity index (χ1v) is 32.1. The maximum atomic E-state index is 8.56. The molecule has 3 radical (unpaired) electrons. The molecule has 0 saturated carbocycles. The number of para-hydroxylation sites is 1. The van der Waals surface area contributed by atoms with Crippen molar-refractivity contribution in [3.63, 3.8) is 0 Å². The van der Waals surface area contributed by atoms with Gasteiger partial charge in [0.1, 0.15) is 0 Å². The van der Waals surface area contributed by atoms with Crippen LogP contribution in [0.25, 0.3) is 116 Å². The van der Waals surface area contributed by atoms with Gasteiger partial charge in [-0.05, 0) is 94.7 Å².